The molecule has 0 saturated heterocycles. The number of hydrogen-bond donors (Lipinski definition) is 0. The van der Waals surface area contributed by atoms with Crippen LogP contribution < -0.4 is 4.74 Å². The van der Waals surface area contributed by atoms with Crippen LogP contribution in [0.5, 0.6) is 5.75 Å². The molecule has 1 aliphatic heterocycles. The van der Waals surface area contributed by atoms with Gasteiger partial charge in [-0.2, -0.15) is 0 Å². The molecule has 1 unspecified atom stereocenters. The molecule has 11 aromatic rings. The van der Waals surface area contributed by atoms with Crippen LogP contribution in [0.3, 0.4) is 0 Å². The Hall–Kier alpha value is -7.09. The molecular formula is C80H122N4O2S. The molecule has 0 bridgehead atoms. The summed E-state index contributed by atoms with van der Waals surface area (Å²) in [7, 11) is 2.03. The van der Waals surface area contributed by atoms with Crippen molar-refractivity contribution in [3.05, 3.63) is 212 Å². The second-order valence-corrected chi connectivity index (χ2v) is 20.4. The van der Waals surface area contributed by atoms with Gasteiger partial charge >= 0.3 is 0 Å². The van der Waals surface area contributed by atoms with Gasteiger partial charge in [0.05, 0.1) is 31.8 Å². The topological polar surface area (TPSA) is 66.0 Å². The van der Waals surface area contributed by atoms with Crippen LogP contribution in [0.25, 0.3) is 53.9 Å². The molecule has 0 aliphatic carbocycles. The van der Waals surface area contributed by atoms with Crippen LogP contribution in [0.4, 0.5) is 0 Å². The maximum atomic E-state index is 5.72. The van der Waals surface area contributed by atoms with Gasteiger partial charge in [-0.15, -0.1) is 11.3 Å². The first-order valence-electron chi connectivity index (χ1n) is 30.6. The van der Waals surface area contributed by atoms with Gasteiger partial charge in [-0.3, -0.25) is 4.98 Å². The van der Waals surface area contributed by atoms with Crippen molar-refractivity contribution in [2.75, 3.05) is 0 Å². The van der Waals surface area contributed by atoms with Crippen LogP contribution in [0.2, 0.25) is 0 Å². The third-order valence-electron chi connectivity index (χ3n) is 14.5. The van der Waals surface area contributed by atoms with Gasteiger partial charge in [0.15, 0.2) is 0 Å². The number of benzene rings is 7. The molecule has 1 atom stereocenters. The van der Waals surface area contributed by atoms with Crippen molar-refractivity contribution < 1.29 is 9.15 Å². The molecule has 0 fully saturated rings. The largest absolute Gasteiger partial charge is 0.490 e. The SMILES string of the molecule is C.C.C.C.CC.CC.CC.CC.CC.CC.CC1Oc2ccccc2C1(C)C.Cc1c(C)c(C)c2ccccc2c1C.Cc1nc2ccccc2c(C)c1C.Cc1nc2ccccc2n1C.Cc1nc2ccccc2s1.Cc1oc2ccccc2c1C. The predicted octanol–water partition coefficient (Wildman–Crippen LogP) is 26.2. The highest BCUT2D eigenvalue weighted by atomic mass is 32.1. The summed E-state index contributed by atoms with van der Waals surface area (Å²) in [6.07, 6.45) is 0.287. The van der Waals surface area contributed by atoms with Crippen LogP contribution in [0.15, 0.2) is 150 Å². The molecule has 7 heteroatoms. The Kier molecular flexibility index (Phi) is 44.0. The molecule has 0 radical (unpaired) electrons. The number of aryl methyl sites for hydroxylation is 9. The number of ether oxygens (including phenoxy) is 1. The minimum absolute atomic E-state index is 0. The molecule has 0 saturated carbocycles. The van der Waals surface area contributed by atoms with Gasteiger partial charge in [0, 0.05) is 34.5 Å². The average molecular weight is 1200 g/mol. The molecule has 12 rings (SSSR count). The predicted molar refractivity (Wildman–Crippen MR) is 399 cm³/mol. The zero-order chi connectivity index (χ0) is 63.1. The van der Waals surface area contributed by atoms with Crippen LogP contribution in [-0.4, -0.2) is 25.6 Å². The summed E-state index contributed by atoms with van der Waals surface area (Å²) in [6.45, 7) is 53.9. The molecule has 87 heavy (non-hydrogen) atoms. The number of pyridine rings is 1. The first-order valence-corrected chi connectivity index (χ1v) is 31.4. The lowest BCUT2D eigenvalue weighted by molar-refractivity contribution is 0.185. The first kappa shape index (κ1) is 86.4. The van der Waals surface area contributed by atoms with Crippen molar-refractivity contribution in [3.63, 3.8) is 0 Å². The Bertz CT molecular complexity index is 3460. The molecule has 0 amide bonds. The maximum absolute atomic E-state index is 5.72. The van der Waals surface area contributed by atoms with Crippen molar-refractivity contribution >= 4 is 65.2 Å². The second-order valence-electron chi connectivity index (χ2n) is 19.2. The molecule has 0 N–H and O–H groups in total. The van der Waals surface area contributed by atoms with Crippen LogP contribution in [0, 0.1) is 76.2 Å². The number of aromatic nitrogens is 4. The summed E-state index contributed by atoms with van der Waals surface area (Å²) >= 11 is 1.74. The van der Waals surface area contributed by atoms with E-state index < -0.39 is 0 Å². The Labute approximate surface area is 537 Å². The van der Waals surface area contributed by atoms with Crippen molar-refractivity contribution in [1.29, 1.82) is 0 Å². The van der Waals surface area contributed by atoms with E-state index in [1.165, 1.54) is 76.3 Å². The number of fused-ring (bicyclic) bond motifs is 6. The van der Waals surface area contributed by atoms with E-state index in [-0.39, 0.29) is 41.2 Å². The summed E-state index contributed by atoms with van der Waals surface area (Å²) in [5.41, 5.74) is 17.7. The maximum Gasteiger partial charge on any atom is 0.134 e. The normalized spacial score (nSPS) is 11.1. The summed E-state index contributed by atoms with van der Waals surface area (Å²) in [6, 6.07) is 49.7. The number of hydrogen-bond acceptors (Lipinski definition) is 6. The lowest BCUT2D eigenvalue weighted by Crippen LogP contribution is -2.28. The smallest absolute Gasteiger partial charge is 0.134 e. The monoisotopic (exact) mass is 1200 g/mol. The van der Waals surface area contributed by atoms with E-state index in [1.54, 1.807) is 11.3 Å². The molecule has 0 spiro atoms. The van der Waals surface area contributed by atoms with Gasteiger partial charge in [-0.1, -0.05) is 230 Å². The van der Waals surface area contributed by atoms with Crippen molar-refractivity contribution in [1.82, 2.24) is 19.5 Å². The highest BCUT2D eigenvalue weighted by Crippen LogP contribution is 2.42. The van der Waals surface area contributed by atoms with Crippen LogP contribution in [-0.2, 0) is 12.5 Å². The van der Waals surface area contributed by atoms with E-state index in [2.05, 4.69) is 168 Å². The summed E-state index contributed by atoms with van der Waals surface area (Å²) in [4.78, 5) is 13.2. The lowest BCUT2D eigenvalue weighted by atomic mass is 9.82. The van der Waals surface area contributed by atoms with Crippen LogP contribution >= 0.6 is 11.3 Å². The summed E-state index contributed by atoms with van der Waals surface area (Å²) in [5, 5.41) is 6.43. The fourth-order valence-corrected chi connectivity index (χ4v) is 9.77. The Balaban J connectivity index is -0.000000455. The van der Waals surface area contributed by atoms with Crippen molar-refractivity contribution in [2.24, 2.45) is 7.05 Å². The van der Waals surface area contributed by atoms with Crippen LogP contribution in [0.1, 0.15) is 200 Å². The van der Waals surface area contributed by atoms with E-state index >= 15 is 0 Å². The second kappa shape index (κ2) is 44.4. The first-order chi connectivity index (χ1) is 39.9. The van der Waals surface area contributed by atoms with Gasteiger partial charge in [0.25, 0.3) is 0 Å². The number of thiazole rings is 1. The van der Waals surface area contributed by atoms with Gasteiger partial charge in [0.1, 0.15) is 29.0 Å². The number of nitrogens with zero attached hydrogens (tertiary/aromatic N) is 4. The Morgan fingerprint density at radius 2 is 0.828 bits per heavy atom. The molecular weight excluding hydrogens is 1080 g/mol. The molecule has 1 aliphatic rings. The van der Waals surface area contributed by atoms with Gasteiger partial charge in [0.2, 0.25) is 0 Å². The zero-order valence-corrected chi connectivity index (χ0v) is 57.3. The zero-order valence-electron chi connectivity index (χ0n) is 56.4. The highest BCUT2D eigenvalue weighted by molar-refractivity contribution is 7.18. The Morgan fingerprint density at radius 1 is 0.414 bits per heavy atom. The van der Waals surface area contributed by atoms with Gasteiger partial charge in [-0.05, 0) is 175 Å². The molecule has 4 aromatic heterocycles. The Morgan fingerprint density at radius 3 is 1.32 bits per heavy atom. The fourth-order valence-electron chi connectivity index (χ4n) is 8.94. The third-order valence-corrected chi connectivity index (χ3v) is 15.5. The van der Waals surface area contributed by atoms with Crippen molar-refractivity contribution in [3.8, 4) is 5.75 Å². The van der Waals surface area contributed by atoms with E-state index in [4.69, 9.17) is 9.15 Å². The van der Waals surface area contributed by atoms with E-state index in [0.717, 1.165) is 50.2 Å². The van der Waals surface area contributed by atoms with Crippen molar-refractivity contribution in [2.45, 2.75) is 221 Å². The summed E-state index contributed by atoms with van der Waals surface area (Å²) < 4.78 is 14.6. The lowest BCUT2D eigenvalue weighted by Gasteiger charge is -2.21. The van der Waals surface area contributed by atoms with Gasteiger partial charge in [-0.25, -0.2) is 9.97 Å². The quantitative estimate of drug-likeness (QED) is 0.151. The van der Waals surface area contributed by atoms with E-state index in [9.17, 15) is 0 Å². The molecule has 5 heterocycles. The fraction of sp³-hybridized carbons (Fsp3) is 0.412. The molecule has 6 nitrogen and oxygen atoms in total. The highest BCUT2D eigenvalue weighted by Gasteiger charge is 2.38. The average Bonchev–Trinajstić information content (AvgIpc) is 3.04. The number of para-hydroxylation sites is 6. The van der Waals surface area contributed by atoms with E-state index in [0.29, 0.717) is 0 Å². The van der Waals surface area contributed by atoms with E-state index in [1.807, 2.05) is 184 Å². The third kappa shape index (κ3) is 22.9. The van der Waals surface area contributed by atoms with Gasteiger partial charge < -0.3 is 13.7 Å². The standard InChI is InChI=1S/C14H16.C12H13N.C11H14O.C10H10O.C9H10N2.C8H7NS.6C2H6.4CH4/c1-9-10(2)12(4)14-8-6-5-7-13(14)11(9)3;1-8-9(2)11-6-4-5-7-12(11)13-10(8)3;1-8-11(2,3)9-6-4-5-7-10(9)12-8;1-7-8(2)11-10-6-4-3-5-9(7)10;1-7-10-8-5-3-4-6-9(8)11(7)2;1-6-9-7-4-2-3-5-8(7)10-6;6*1-2;;;;/h5-8H,1-4H3;4-7H,1-3H3;4-8H,1-3H3;2*3-6H,1-2H3;2-5H,1H3;6*1-2H3;4*1H4. The number of imidazole rings is 1. The number of rotatable bonds is 0. The number of furan rings is 1. The molecule has 480 valence electrons. The molecule has 7 aromatic carbocycles. The minimum atomic E-state index is 0. The summed E-state index contributed by atoms with van der Waals surface area (Å²) in [5.74, 6) is 3.13. The minimum Gasteiger partial charge on any atom is -0.490 e.